The number of benzene rings is 2. The first kappa shape index (κ1) is 15.5. The van der Waals surface area contributed by atoms with E-state index in [0.29, 0.717) is 29.2 Å². The third-order valence-electron chi connectivity index (χ3n) is 3.14. The zero-order valence-corrected chi connectivity index (χ0v) is 12.4. The standard InChI is InChI=1S/C16H16ClFN2O/c1-19-16(21)12-7-5-11(6-8-12)9-20-10-13-14(17)3-2-4-15(13)18/h2-8,20H,9-10H2,1H3,(H,19,21). The summed E-state index contributed by atoms with van der Waals surface area (Å²) < 4.78 is 13.6. The van der Waals surface area contributed by atoms with E-state index in [1.54, 1.807) is 31.3 Å². The lowest BCUT2D eigenvalue weighted by atomic mass is 10.1. The highest BCUT2D eigenvalue weighted by Crippen LogP contribution is 2.18. The first-order valence-corrected chi connectivity index (χ1v) is 6.94. The molecule has 0 aliphatic carbocycles. The molecule has 0 saturated carbocycles. The largest absolute Gasteiger partial charge is 0.355 e. The SMILES string of the molecule is CNC(=O)c1ccc(CNCc2c(F)cccc2Cl)cc1. The van der Waals surface area contributed by atoms with Crippen LogP contribution in [-0.2, 0) is 13.1 Å². The smallest absolute Gasteiger partial charge is 0.251 e. The molecule has 0 fully saturated rings. The number of rotatable bonds is 5. The Labute approximate surface area is 128 Å². The molecule has 0 radical (unpaired) electrons. The molecule has 0 aromatic heterocycles. The van der Waals surface area contributed by atoms with Crippen molar-refractivity contribution in [3.05, 3.63) is 70.0 Å². The van der Waals surface area contributed by atoms with E-state index in [4.69, 9.17) is 11.6 Å². The van der Waals surface area contributed by atoms with Crippen LogP contribution in [0.5, 0.6) is 0 Å². The number of carbonyl (C=O) groups excluding carboxylic acids is 1. The zero-order valence-electron chi connectivity index (χ0n) is 11.6. The van der Waals surface area contributed by atoms with Crippen molar-refractivity contribution in [1.29, 1.82) is 0 Å². The molecular weight excluding hydrogens is 291 g/mol. The molecule has 0 atom stereocenters. The summed E-state index contributed by atoms with van der Waals surface area (Å²) in [6.07, 6.45) is 0. The molecule has 0 aliphatic heterocycles. The lowest BCUT2D eigenvalue weighted by molar-refractivity contribution is 0.0963. The molecule has 0 bridgehead atoms. The van der Waals surface area contributed by atoms with Gasteiger partial charge in [0, 0.05) is 36.3 Å². The van der Waals surface area contributed by atoms with Crippen molar-refractivity contribution in [2.45, 2.75) is 13.1 Å². The van der Waals surface area contributed by atoms with E-state index >= 15 is 0 Å². The van der Waals surface area contributed by atoms with Gasteiger partial charge in [0.1, 0.15) is 5.82 Å². The van der Waals surface area contributed by atoms with Crippen LogP contribution in [0, 0.1) is 5.82 Å². The van der Waals surface area contributed by atoms with Crippen molar-refractivity contribution in [3.8, 4) is 0 Å². The van der Waals surface area contributed by atoms with Gasteiger partial charge in [0.25, 0.3) is 5.91 Å². The van der Waals surface area contributed by atoms with Gasteiger partial charge in [-0.25, -0.2) is 4.39 Å². The molecule has 21 heavy (non-hydrogen) atoms. The van der Waals surface area contributed by atoms with Crippen LogP contribution in [0.3, 0.4) is 0 Å². The van der Waals surface area contributed by atoms with Crippen molar-refractivity contribution in [2.24, 2.45) is 0 Å². The average molecular weight is 307 g/mol. The zero-order chi connectivity index (χ0) is 15.2. The van der Waals surface area contributed by atoms with Crippen LogP contribution in [0.1, 0.15) is 21.5 Å². The summed E-state index contributed by atoms with van der Waals surface area (Å²) in [5, 5.41) is 6.12. The van der Waals surface area contributed by atoms with Gasteiger partial charge in [-0.2, -0.15) is 0 Å². The Morgan fingerprint density at radius 3 is 2.48 bits per heavy atom. The van der Waals surface area contributed by atoms with Crippen LogP contribution in [0.15, 0.2) is 42.5 Å². The molecule has 0 unspecified atom stereocenters. The number of hydrogen-bond donors (Lipinski definition) is 2. The Balaban J connectivity index is 1.93. The molecule has 0 spiro atoms. The van der Waals surface area contributed by atoms with Crippen LogP contribution in [0.2, 0.25) is 5.02 Å². The van der Waals surface area contributed by atoms with Crippen molar-refractivity contribution < 1.29 is 9.18 Å². The van der Waals surface area contributed by atoms with E-state index < -0.39 is 0 Å². The minimum Gasteiger partial charge on any atom is -0.355 e. The van der Waals surface area contributed by atoms with E-state index in [1.807, 2.05) is 12.1 Å². The van der Waals surface area contributed by atoms with Gasteiger partial charge in [-0.15, -0.1) is 0 Å². The molecule has 1 amide bonds. The summed E-state index contributed by atoms with van der Waals surface area (Å²) in [7, 11) is 1.59. The second kappa shape index (κ2) is 7.20. The molecular formula is C16H16ClFN2O. The number of carbonyl (C=O) groups is 1. The Morgan fingerprint density at radius 1 is 1.14 bits per heavy atom. The molecule has 2 aromatic carbocycles. The quantitative estimate of drug-likeness (QED) is 0.891. The minimum absolute atomic E-state index is 0.118. The molecule has 0 aliphatic rings. The topological polar surface area (TPSA) is 41.1 Å². The Kier molecular flexibility index (Phi) is 5.31. The van der Waals surface area contributed by atoms with Crippen LogP contribution < -0.4 is 10.6 Å². The first-order valence-electron chi connectivity index (χ1n) is 6.56. The Morgan fingerprint density at radius 2 is 1.86 bits per heavy atom. The summed E-state index contributed by atoms with van der Waals surface area (Å²) in [4.78, 5) is 11.4. The van der Waals surface area contributed by atoms with Gasteiger partial charge in [0.05, 0.1) is 0 Å². The molecule has 2 rings (SSSR count). The molecule has 0 saturated heterocycles. The molecule has 3 nitrogen and oxygen atoms in total. The minimum atomic E-state index is -0.315. The summed E-state index contributed by atoms with van der Waals surface area (Å²) in [6.45, 7) is 0.918. The second-order valence-corrected chi connectivity index (χ2v) is 4.99. The maximum atomic E-state index is 13.6. The van der Waals surface area contributed by atoms with Gasteiger partial charge in [-0.3, -0.25) is 4.79 Å². The maximum Gasteiger partial charge on any atom is 0.251 e. The summed E-state index contributed by atoms with van der Waals surface area (Å²) in [6, 6.07) is 11.9. The van der Waals surface area contributed by atoms with Crippen molar-refractivity contribution in [1.82, 2.24) is 10.6 Å². The van der Waals surface area contributed by atoms with Crippen molar-refractivity contribution in [3.63, 3.8) is 0 Å². The fourth-order valence-electron chi connectivity index (χ4n) is 1.95. The Hall–Kier alpha value is -1.91. The van der Waals surface area contributed by atoms with Crippen molar-refractivity contribution in [2.75, 3.05) is 7.05 Å². The summed E-state index contributed by atoms with van der Waals surface area (Å²) >= 11 is 5.96. The predicted octanol–water partition coefficient (Wildman–Crippen LogP) is 3.13. The van der Waals surface area contributed by atoms with E-state index in [1.165, 1.54) is 6.07 Å². The van der Waals surface area contributed by atoms with Crippen LogP contribution in [0.4, 0.5) is 4.39 Å². The second-order valence-electron chi connectivity index (χ2n) is 4.58. The van der Waals surface area contributed by atoms with Gasteiger partial charge < -0.3 is 10.6 Å². The van der Waals surface area contributed by atoms with E-state index in [0.717, 1.165) is 5.56 Å². The summed E-state index contributed by atoms with van der Waals surface area (Å²) in [5.74, 6) is -0.433. The van der Waals surface area contributed by atoms with Gasteiger partial charge in [-0.05, 0) is 29.8 Å². The van der Waals surface area contributed by atoms with E-state index in [-0.39, 0.29) is 11.7 Å². The van der Waals surface area contributed by atoms with Crippen molar-refractivity contribution >= 4 is 17.5 Å². The Bertz CT molecular complexity index is 608. The molecule has 0 heterocycles. The van der Waals surface area contributed by atoms with Crippen LogP contribution >= 0.6 is 11.6 Å². The van der Waals surface area contributed by atoms with Gasteiger partial charge in [-0.1, -0.05) is 29.8 Å². The highest BCUT2D eigenvalue weighted by molar-refractivity contribution is 6.31. The van der Waals surface area contributed by atoms with Crippen LogP contribution in [-0.4, -0.2) is 13.0 Å². The lowest BCUT2D eigenvalue weighted by Crippen LogP contribution is -2.18. The fraction of sp³-hybridized carbons (Fsp3) is 0.188. The number of halogens is 2. The van der Waals surface area contributed by atoms with Gasteiger partial charge in [0.15, 0.2) is 0 Å². The molecule has 5 heteroatoms. The third kappa shape index (κ3) is 4.03. The van der Waals surface area contributed by atoms with Gasteiger partial charge >= 0.3 is 0 Å². The number of hydrogen-bond acceptors (Lipinski definition) is 2. The highest BCUT2D eigenvalue weighted by Gasteiger charge is 2.06. The average Bonchev–Trinajstić information content (AvgIpc) is 2.50. The van der Waals surface area contributed by atoms with E-state index in [2.05, 4.69) is 10.6 Å². The van der Waals surface area contributed by atoms with Gasteiger partial charge in [0.2, 0.25) is 0 Å². The van der Waals surface area contributed by atoms with E-state index in [9.17, 15) is 9.18 Å². The maximum absolute atomic E-state index is 13.6. The highest BCUT2D eigenvalue weighted by atomic mass is 35.5. The lowest BCUT2D eigenvalue weighted by Gasteiger charge is -2.08. The number of nitrogens with one attached hydrogen (secondary N) is 2. The van der Waals surface area contributed by atoms with Crippen LogP contribution in [0.25, 0.3) is 0 Å². The predicted molar refractivity (Wildman–Crippen MR) is 81.8 cm³/mol. The normalized spacial score (nSPS) is 10.4. The molecule has 2 N–H and O–H groups in total. The molecule has 110 valence electrons. The monoisotopic (exact) mass is 306 g/mol. The molecule has 2 aromatic rings. The number of amides is 1. The fourth-order valence-corrected chi connectivity index (χ4v) is 2.18. The third-order valence-corrected chi connectivity index (χ3v) is 3.49. The summed E-state index contributed by atoms with van der Waals surface area (Å²) in [5.41, 5.74) is 2.08. The first-order chi connectivity index (χ1) is 10.1.